The van der Waals surface area contributed by atoms with Gasteiger partial charge in [-0.15, -0.1) is 0 Å². The summed E-state index contributed by atoms with van der Waals surface area (Å²) in [5.41, 5.74) is 3.41. The smallest absolute Gasteiger partial charge is 0.410 e. The molecule has 3 rings (SSSR count). The summed E-state index contributed by atoms with van der Waals surface area (Å²) < 4.78 is 11.0. The summed E-state index contributed by atoms with van der Waals surface area (Å²) in [6.45, 7) is 12.6. The number of nitrogens with zero attached hydrogens (tertiary/aromatic N) is 2. The lowest BCUT2D eigenvalue weighted by Crippen LogP contribution is -2.49. The van der Waals surface area contributed by atoms with Crippen LogP contribution in [-0.4, -0.2) is 53.8 Å². The van der Waals surface area contributed by atoms with Gasteiger partial charge < -0.3 is 14.4 Å². The summed E-state index contributed by atoms with van der Waals surface area (Å²) >= 11 is 0. The third-order valence-corrected chi connectivity index (χ3v) is 5.43. The first-order valence-corrected chi connectivity index (χ1v) is 9.06. The fourth-order valence-electron chi connectivity index (χ4n) is 3.95. The monoisotopic (exact) mass is 346 g/mol. The van der Waals surface area contributed by atoms with Gasteiger partial charge in [-0.1, -0.05) is 6.07 Å². The summed E-state index contributed by atoms with van der Waals surface area (Å²) in [4.78, 5) is 16.8. The lowest BCUT2D eigenvalue weighted by molar-refractivity contribution is 0.0124. The highest BCUT2D eigenvalue weighted by Gasteiger charge is 2.46. The van der Waals surface area contributed by atoms with Crippen molar-refractivity contribution in [1.29, 1.82) is 0 Å². The number of carbonyl (C=O) groups is 1. The Morgan fingerprint density at radius 1 is 1.16 bits per heavy atom. The van der Waals surface area contributed by atoms with E-state index in [1.807, 2.05) is 25.7 Å². The molecule has 0 saturated carbocycles. The van der Waals surface area contributed by atoms with Crippen LogP contribution in [0.1, 0.15) is 43.9 Å². The highest BCUT2D eigenvalue weighted by atomic mass is 16.6. The highest BCUT2D eigenvalue weighted by molar-refractivity contribution is 5.69. The minimum Gasteiger partial charge on any atom is -0.496 e. The second-order valence-corrected chi connectivity index (χ2v) is 8.28. The van der Waals surface area contributed by atoms with Crippen molar-refractivity contribution in [3.8, 4) is 5.75 Å². The number of ether oxygens (including phenoxy) is 2. The molecule has 1 aromatic carbocycles. The van der Waals surface area contributed by atoms with Gasteiger partial charge in [-0.2, -0.15) is 0 Å². The van der Waals surface area contributed by atoms with E-state index in [-0.39, 0.29) is 12.1 Å². The Morgan fingerprint density at radius 2 is 1.88 bits per heavy atom. The predicted octanol–water partition coefficient (Wildman–Crippen LogP) is 3.51. The Balaban J connectivity index is 1.64. The summed E-state index contributed by atoms with van der Waals surface area (Å²) in [6.07, 6.45) is 0.879. The van der Waals surface area contributed by atoms with Gasteiger partial charge >= 0.3 is 6.09 Å². The zero-order chi connectivity index (χ0) is 18.4. The van der Waals surface area contributed by atoms with Crippen LogP contribution < -0.4 is 4.74 Å². The number of fused-ring (bicyclic) bond motifs is 2. The van der Waals surface area contributed by atoms with Crippen molar-refractivity contribution in [2.24, 2.45) is 0 Å². The molecule has 2 unspecified atom stereocenters. The van der Waals surface area contributed by atoms with Crippen LogP contribution >= 0.6 is 0 Å². The average molecular weight is 346 g/mol. The van der Waals surface area contributed by atoms with Crippen LogP contribution in [0.5, 0.6) is 5.75 Å². The zero-order valence-electron chi connectivity index (χ0n) is 16.3. The lowest BCUT2D eigenvalue weighted by Gasteiger charge is -2.35. The number of benzene rings is 1. The van der Waals surface area contributed by atoms with E-state index in [2.05, 4.69) is 30.9 Å². The maximum atomic E-state index is 12.4. The molecule has 0 N–H and O–H groups in total. The Labute approximate surface area is 150 Å². The molecule has 2 aliphatic heterocycles. The summed E-state index contributed by atoms with van der Waals surface area (Å²) in [6, 6.07) is 4.93. The molecular weight excluding hydrogens is 316 g/mol. The Morgan fingerprint density at radius 3 is 2.44 bits per heavy atom. The molecule has 138 valence electrons. The largest absolute Gasteiger partial charge is 0.496 e. The van der Waals surface area contributed by atoms with Crippen molar-refractivity contribution in [3.05, 3.63) is 28.8 Å². The molecule has 2 atom stereocenters. The number of piperazine rings is 1. The van der Waals surface area contributed by atoms with E-state index < -0.39 is 5.60 Å². The molecule has 0 spiro atoms. The number of carbonyl (C=O) groups excluding carboxylic acids is 1. The molecule has 0 radical (unpaired) electrons. The average Bonchev–Trinajstić information content (AvgIpc) is 3.10. The summed E-state index contributed by atoms with van der Waals surface area (Å²) in [7, 11) is 1.71. The predicted molar refractivity (Wildman–Crippen MR) is 98.0 cm³/mol. The van der Waals surface area contributed by atoms with E-state index in [0.29, 0.717) is 6.04 Å². The highest BCUT2D eigenvalue weighted by Crippen LogP contribution is 2.34. The van der Waals surface area contributed by atoms with Gasteiger partial charge in [0, 0.05) is 31.7 Å². The van der Waals surface area contributed by atoms with Crippen LogP contribution in [0.4, 0.5) is 4.79 Å². The fourth-order valence-corrected chi connectivity index (χ4v) is 3.95. The van der Waals surface area contributed by atoms with Gasteiger partial charge in [-0.25, -0.2) is 4.79 Å². The zero-order valence-corrected chi connectivity index (χ0v) is 16.3. The van der Waals surface area contributed by atoms with Crippen molar-refractivity contribution >= 4 is 6.09 Å². The molecule has 2 aliphatic rings. The van der Waals surface area contributed by atoms with Gasteiger partial charge in [0.15, 0.2) is 0 Å². The summed E-state index contributed by atoms with van der Waals surface area (Å²) in [5, 5.41) is 0. The molecule has 5 nitrogen and oxygen atoms in total. The molecule has 1 amide bonds. The molecule has 2 bridgehead atoms. The quantitative estimate of drug-likeness (QED) is 0.840. The van der Waals surface area contributed by atoms with Crippen molar-refractivity contribution < 1.29 is 14.3 Å². The van der Waals surface area contributed by atoms with Crippen molar-refractivity contribution in [3.63, 3.8) is 0 Å². The standard InChI is InChI=1S/C20H30N2O3/c1-13-14(2)18(24-6)8-7-15(13)10-21-11-17-9-16(21)12-22(17)19(23)25-20(3,4)5/h7-8,16-17H,9-12H2,1-6H3. The molecule has 0 aliphatic carbocycles. The second kappa shape index (κ2) is 6.52. The molecule has 0 aromatic heterocycles. The van der Waals surface area contributed by atoms with E-state index in [1.165, 1.54) is 16.7 Å². The number of hydrogen-bond acceptors (Lipinski definition) is 4. The number of amides is 1. The van der Waals surface area contributed by atoms with E-state index in [9.17, 15) is 4.79 Å². The van der Waals surface area contributed by atoms with Gasteiger partial charge in [0.05, 0.1) is 7.11 Å². The van der Waals surface area contributed by atoms with E-state index >= 15 is 0 Å². The number of likely N-dealkylation sites (tertiary alicyclic amines) is 2. The molecule has 2 saturated heterocycles. The molecule has 1 aromatic rings. The van der Waals surface area contributed by atoms with E-state index in [1.54, 1.807) is 7.11 Å². The topological polar surface area (TPSA) is 42.0 Å². The number of methoxy groups -OCH3 is 1. The summed E-state index contributed by atoms with van der Waals surface area (Å²) in [5.74, 6) is 0.945. The van der Waals surface area contributed by atoms with Crippen LogP contribution in [0.15, 0.2) is 12.1 Å². The molecule has 2 heterocycles. The van der Waals surface area contributed by atoms with Gasteiger partial charge in [-0.05, 0) is 63.8 Å². The molecule has 5 heteroatoms. The van der Waals surface area contributed by atoms with Crippen LogP contribution in [0.25, 0.3) is 0 Å². The Bertz CT molecular complexity index is 666. The van der Waals surface area contributed by atoms with Crippen LogP contribution in [0, 0.1) is 13.8 Å². The van der Waals surface area contributed by atoms with Crippen molar-refractivity contribution in [2.75, 3.05) is 20.2 Å². The SMILES string of the molecule is COc1ccc(CN2CC3CC2CN3C(=O)OC(C)(C)C)c(C)c1C. The normalized spacial score (nSPS) is 23.2. The third kappa shape index (κ3) is 3.61. The first-order valence-electron chi connectivity index (χ1n) is 9.06. The van der Waals surface area contributed by atoms with Crippen LogP contribution in [0.2, 0.25) is 0 Å². The molecular formula is C20H30N2O3. The van der Waals surface area contributed by atoms with E-state index in [0.717, 1.165) is 31.8 Å². The number of hydrogen-bond donors (Lipinski definition) is 0. The van der Waals surface area contributed by atoms with Gasteiger partial charge in [0.1, 0.15) is 11.4 Å². The first kappa shape index (κ1) is 18.1. The van der Waals surface area contributed by atoms with Gasteiger partial charge in [0.2, 0.25) is 0 Å². The maximum Gasteiger partial charge on any atom is 0.410 e. The minimum atomic E-state index is -0.434. The molecule has 2 fully saturated rings. The van der Waals surface area contributed by atoms with E-state index in [4.69, 9.17) is 9.47 Å². The Kier molecular flexibility index (Phi) is 4.71. The van der Waals surface area contributed by atoms with Gasteiger partial charge in [0.25, 0.3) is 0 Å². The second-order valence-electron chi connectivity index (χ2n) is 8.28. The lowest BCUT2D eigenvalue weighted by atomic mass is 10.0. The number of rotatable bonds is 3. The van der Waals surface area contributed by atoms with Gasteiger partial charge in [-0.3, -0.25) is 4.90 Å². The third-order valence-electron chi connectivity index (χ3n) is 5.43. The fraction of sp³-hybridized carbons (Fsp3) is 0.650. The van der Waals surface area contributed by atoms with Crippen LogP contribution in [0.3, 0.4) is 0 Å². The van der Waals surface area contributed by atoms with Crippen LogP contribution in [-0.2, 0) is 11.3 Å². The van der Waals surface area contributed by atoms with Crippen molar-refractivity contribution in [2.45, 2.75) is 65.3 Å². The first-order chi connectivity index (χ1) is 11.7. The minimum absolute atomic E-state index is 0.170. The maximum absolute atomic E-state index is 12.4. The molecule has 25 heavy (non-hydrogen) atoms. The van der Waals surface area contributed by atoms with Crippen molar-refractivity contribution in [1.82, 2.24) is 9.80 Å². The Hall–Kier alpha value is -1.75.